The van der Waals surface area contributed by atoms with Crippen molar-refractivity contribution in [3.63, 3.8) is 0 Å². The van der Waals surface area contributed by atoms with Gasteiger partial charge in [-0.25, -0.2) is 24.4 Å². The van der Waals surface area contributed by atoms with Gasteiger partial charge in [0.25, 0.3) is 0 Å². The van der Waals surface area contributed by atoms with Crippen molar-refractivity contribution in [1.82, 2.24) is 30.0 Å². The Labute approximate surface area is 133 Å². The summed E-state index contributed by atoms with van der Waals surface area (Å²) in [5.74, 6) is 2.35. The Morgan fingerprint density at radius 3 is 2.91 bits per heavy atom. The molecular formula is C14H19N7O2. The van der Waals surface area contributed by atoms with E-state index in [0.717, 1.165) is 37.5 Å². The van der Waals surface area contributed by atoms with Gasteiger partial charge in [0.2, 0.25) is 5.95 Å². The van der Waals surface area contributed by atoms with Crippen LogP contribution in [0, 0.1) is 0 Å². The molecule has 0 bridgehead atoms. The van der Waals surface area contributed by atoms with Gasteiger partial charge in [0.05, 0.1) is 25.5 Å². The van der Waals surface area contributed by atoms with Gasteiger partial charge < -0.3 is 10.1 Å². The maximum atomic E-state index is 12.1. The highest BCUT2D eigenvalue weighted by atomic mass is 16.5. The number of amides is 2. The minimum Gasteiger partial charge on any atom is -0.494 e. The summed E-state index contributed by atoms with van der Waals surface area (Å²) < 4.78 is 6.85. The van der Waals surface area contributed by atoms with E-state index in [9.17, 15) is 4.79 Å². The molecule has 1 aliphatic heterocycles. The smallest absolute Gasteiger partial charge is 0.322 e. The fourth-order valence-electron chi connectivity index (χ4n) is 2.47. The highest BCUT2D eigenvalue weighted by Gasteiger charge is 2.25. The molecule has 0 spiro atoms. The number of carbonyl (C=O) groups excluding carboxylic acids is 1. The van der Waals surface area contributed by atoms with Gasteiger partial charge in [0.1, 0.15) is 5.82 Å². The number of rotatable bonds is 4. The van der Waals surface area contributed by atoms with Gasteiger partial charge in [0, 0.05) is 13.0 Å². The molecule has 0 saturated carbocycles. The second kappa shape index (κ2) is 6.59. The van der Waals surface area contributed by atoms with Crippen molar-refractivity contribution < 1.29 is 9.53 Å². The normalized spacial score (nSPS) is 16.5. The van der Waals surface area contributed by atoms with Crippen molar-refractivity contribution in [3.05, 3.63) is 24.0 Å². The molecule has 23 heavy (non-hydrogen) atoms. The molecule has 0 radical (unpaired) electrons. The van der Waals surface area contributed by atoms with Crippen molar-refractivity contribution in [2.75, 3.05) is 12.4 Å². The second-order valence-electron chi connectivity index (χ2n) is 5.20. The molecule has 1 atom stereocenters. The summed E-state index contributed by atoms with van der Waals surface area (Å²) >= 11 is 0. The first-order chi connectivity index (χ1) is 11.2. The zero-order valence-corrected chi connectivity index (χ0v) is 13.1. The van der Waals surface area contributed by atoms with E-state index in [1.807, 2.05) is 11.6 Å². The van der Waals surface area contributed by atoms with Crippen LogP contribution in [0.5, 0.6) is 5.75 Å². The van der Waals surface area contributed by atoms with E-state index in [1.54, 1.807) is 0 Å². The fourth-order valence-corrected chi connectivity index (χ4v) is 2.47. The average molecular weight is 317 g/mol. The van der Waals surface area contributed by atoms with Crippen LogP contribution in [0.25, 0.3) is 0 Å². The summed E-state index contributed by atoms with van der Waals surface area (Å²) in [6.07, 6.45) is 5.54. The van der Waals surface area contributed by atoms with Crippen molar-refractivity contribution in [2.45, 2.75) is 38.8 Å². The number of hydrogen-bond acceptors (Lipinski definition) is 6. The summed E-state index contributed by atoms with van der Waals surface area (Å²) in [6, 6.07) is -0.524. The minimum absolute atomic E-state index is 0.158. The van der Waals surface area contributed by atoms with Crippen LogP contribution < -0.4 is 15.4 Å². The van der Waals surface area contributed by atoms with Crippen molar-refractivity contribution in [3.8, 4) is 5.75 Å². The van der Waals surface area contributed by atoms with Crippen LogP contribution in [0.4, 0.5) is 10.7 Å². The molecule has 3 rings (SSSR count). The van der Waals surface area contributed by atoms with E-state index in [0.29, 0.717) is 5.75 Å². The van der Waals surface area contributed by atoms with Crippen molar-refractivity contribution in [2.24, 2.45) is 0 Å². The highest BCUT2D eigenvalue weighted by Crippen LogP contribution is 2.23. The number of methoxy groups -OCH3 is 1. The first kappa shape index (κ1) is 15.2. The third-order valence-electron chi connectivity index (χ3n) is 3.63. The first-order valence-electron chi connectivity index (χ1n) is 7.56. The van der Waals surface area contributed by atoms with Crippen LogP contribution in [0.2, 0.25) is 0 Å². The monoisotopic (exact) mass is 317 g/mol. The summed E-state index contributed by atoms with van der Waals surface area (Å²) in [5, 5.41) is 9.94. The van der Waals surface area contributed by atoms with Crippen LogP contribution in [0.3, 0.4) is 0 Å². The van der Waals surface area contributed by atoms with Crippen molar-refractivity contribution in [1.29, 1.82) is 0 Å². The number of anilines is 1. The molecule has 0 aliphatic carbocycles. The lowest BCUT2D eigenvalue weighted by molar-refractivity contribution is 0.244. The molecular weight excluding hydrogens is 298 g/mol. The van der Waals surface area contributed by atoms with Crippen LogP contribution in [-0.2, 0) is 13.0 Å². The lowest BCUT2D eigenvalue weighted by Gasteiger charge is -2.22. The Balaban J connectivity index is 1.65. The highest BCUT2D eigenvalue weighted by molar-refractivity contribution is 5.87. The van der Waals surface area contributed by atoms with Crippen LogP contribution >= 0.6 is 0 Å². The lowest BCUT2D eigenvalue weighted by Crippen LogP contribution is -2.36. The van der Waals surface area contributed by atoms with Gasteiger partial charge in [-0.15, -0.1) is 0 Å². The molecule has 122 valence electrons. The molecule has 0 fully saturated rings. The third kappa shape index (κ3) is 3.38. The summed E-state index contributed by atoms with van der Waals surface area (Å²) in [6.45, 7) is 2.85. The number of aromatic nitrogens is 5. The average Bonchev–Trinajstić information content (AvgIpc) is 3.00. The molecule has 9 nitrogen and oxygen atoms in total. The third-order valence-corrected chi connectivity index (χ3v) is 3.63. The van der Waals surface area contributed by atoms with Gasteiger partial charge in [-0.1, -0.05) is 6.92 Å². The Kier molecular flexibility index (Phi) is 4.35. The minimum atomic E-state index is -0.366. The number of urea groups is 1. The van der Waals surface area contributed by atoms with Crippen molar-refractivity contribution >= 4 is 12.0 Å². The molecule has 9 heteroatoms. The van der Waals surface area contributed by atoms with Crippen LogP contribution in [0.15, 0.2) is 12.4 Å². The number of aryl methyl sites for hydroxylation is 2. The molecule has 2 N–H and O–H groups in total. The predicted molar refractivity (Wildman–Crippen MR) is 82.1 cm³/mol. The predicted octanol–water partition coefficient (Wildman–Crippen LogP) is 1.30. The number of nitrogens with zero attached hydrogens (tertiary/aromatic N) is 5. The van der Waals surface area contributed by atoms with E-state index < -0.39 is 0 Å². The van der Waals surface area contributed by atoms with Gasteiger partial charge >= 0.3 is 6.03 Å². The Morgan fingerprint density at radius 1 is 1.43 bits per heavy atom. The Hall–Kier alpha value is -2.71. The largest absolute Gasteiger partial charge is 0.494 e. The number of carbonyl (C=O) groups is 1. The summed E-state index contributed by atoms with van der Waals surface area (Å²) in [4.78, 5) is 24.6. The lowest BCUT2D eigenvalue weighted by atomic mass is 10.1. The van der Waals surface area contributed by atoms with E-state index >= 15 is 0 Å². The number of hydrogen-bond donors (Lipinski definition) is 2. The van der Waals surface area contributed by atoms with E-state index in [1.165, 1.54) is 19.5 Å². The quantitative estimate of drug-likeness (QED) is 0.880. The molecule has 1 unspecified atom stereocenters. The zero-order valence-electron chi connectivity index (χ0n) is 13.1. The number of ether oxygens (including phenoxy) is 1. The Morgan fingerprint density at radius 2 is 2.22 bits per heavy atom. The van der Waals surface area contributed by atoms with Crippen LogP contribution in [0.1, 0.15) is 37.5 Å². The molecule has 2 aromatic rings. The molecule has 2 aromatic heterocycles. The van der Waals surface area contributed by atoms with Gasteiger partial charge in [-0.2, -0.15) is 5.10 Å². The SMILES string of the molecule is CCc1nc2n(n1)CCCC2NC(=O)Nc1ncc(OC)cn1. The van der Waals surface area contributed by atoms with Gasteiger partial charge in [-0.3, -0.25) is 5.32 Å². The molecule has 3 heterocycles. The summed E-state index contributed by atoms with van der Waals surface area (Å²) in [5.41, 5.74) is 0. The summed E-state index contributed by atoms with van der Waals surface area (Å²) in [7, 11) is 1.53. The number of fused-ring (bicyclic) bond motifs is 1. The van der Waals surface area contributed by atoms with E-state index in [-0.39, 0.29) is 18.0 Å². The van der Waals surface area contributed by atoms with E-state index in [2.05, 4.69) is 30.7 Å². The maximum Gasteiger partial charge on any atom is 0.322 e. The maximum absolute atomic E-state index is 12.1. The Bertz CT molecular complexity index is 683. The zero-order chi connectivity index (χ0) is 16.2. The fraction of sp³-hybridized carbons (Fsp3) is 0.500. The second-order valence-corrected chi connectivity index (χ2v) is 5.20. The molecule has 1 aliphatic rings. The molecule has 2 amide bonds. The van der Waals surface area contributed by atoms with Gasteiger partial charge in [0.15, 0.2) is 11.6 Å². The van der Waals surface area contributed by atoms with Crippen LogP contribution in [-0.4, -0.2) is 37.9 Å². The topological polar surface area (TPSA) is 107 Å². The first-order valence-corrected chi connectivity index (χ1v) is 7.56. The van der Waals surface area contributed by atoms with E-state index in [4.69, 9.17) is 4.74 Å². The molecule has 0 saturated heterocycles. The molecule has 0 aromatic carbocycles. The van der Waals surface area contributed by atoms with Gasteiger partial charge in [-0.05, 0) is 12.8 Å². The number of nitrogens with one attached hydrogen (secondary N) is 2. The standard InChI is InChI=1S/C14H19N7O2/c1-3-11-18-12-10(5-4-6-21(12)20-11)17-14(22)19-13-15-7-9(23-2)8-16-13/h7-8,10H,3-6H2,1-2H3,(H2,15,16,17,19,22).